The SMILES string of the molecule is COc1ccc(C[C@@H](CO)ON2C(C)(C)CCCC2(C)C)cc1. The minimum absolute atomic E-state index is 0.00862. The number of benzene rings is 1. The number of nitrogens with zero attached hydrogens (tertiary/aromatic N) is 1. The Morgan fingerprint density at radius 2 is 1.65 bits per heavy atom. The second kappa shape index (κ2) is 7.20. The van der Waals surface area contributed by atoms with Crippen molar-refractivity contribution in [1.29, 1.82) is 0 Å². The molecule has 0 saturated carbocycles. The first-order valence-corrected chi connectivity index (χ1v) is 8.49. The minimum atomic E-state index is -0.236. The molecule has 0 amide bonds. The third-order valence-electron chi connectivity index (χ3n) is 4.76. The summed E-state index contributed by atoms with van der Waals surface area (Å²) in [6.07, 6.45) is 3.87. The number of piperidine rings is 1. The summed E-state index contributed by atoms with van der Waals surface area (Å²) >= 11 is 0. The van der Waals surface area contributed by atoms with Crippen LogP contribution in [0.3, 0.4) is 0 Å². The summed E-state index contributed by atoms with van der Waals surface area (Å²) in [5.74, 6) is 0.841. The Bertz CT molecular complexity index is 480. The molecular weight excluding hydrogens is 290 g/mol. The lowest BCUT2D eigenvalue weighted by molar-refractivity contribution is -0.308. The Morgan fingerprint density at radius 3 is 2.13 bits per heavy atom. The van der Waals surface area contributed by atoms with Crippen LogP contribution >= 0.6 is 0 Å². The van der Waals surface area contributed by atoms with Gasteiger partial charge in [-0.15, -0.1) is 0 Å². The van der Waals surface area contributed by atoms with Crippen LogP contribution in [-0.4, -0.2) is 41.1 Å². The van der Waals surface area contributed by atoms with Crippen molar-refractivity contribution in [1.82, 2.24) is 5.06 Å². The molecule has 0 unspecified atom stereocenters. The van der Waals surface area contributed by atoms with Gasteiger partial charge in [-0.05, 0) is 64.7 Å². The van der Waals surface area contributed by atoms with Gasteiger partial charge in [-0.3, -0.25) is 4.84 Å². The van der Waals surface area contributed by atoms with Crippen molar-refractivity contribution in [2.75, 3.05) is 13.7 Å². The van der Waals surface area contributed by atoms with Gasteiger partial charge < -0.3 is 9.84 Å². The van der Waals surface area contributed by atoms with Gasteiger partial charge in [0, 0.05) is 17.5 Å². The molecule has 0 spiro atoms. The Kier molecular flexibility index (Phi) is 5.71. The summed E-state index contributed by atoms with van der Waals surface area (Å²) in [4.78, 5) is 6.28. The van der Waals surface area contributed by atoms with Crippen molar-refractivity contribution in [3.8, 4) is 5.75 Å². The van der Waals surface area contributed by atoms with E-state index in [-0.39, 0.29) is 23.8 Å². The molecule has 0 bridgehead atoms. The Balaban J connectivity index is 2.07. The van der Waals surface area contributed by atoms with E-state index >= 15 is 0 Å². The largest absolute Gasteiger partial charge is 0.497 e. The molecule has 1 N–H and O–H groups in total. The van der Waals surface area contributed by atoms with Gasteiger partial charge in [0.05, 0.1) is 13.7 Å². The van der Waals surface area contributed by atoms with Crippen molar-refractivity contribution in [2.45, 2.75) is 70.6 Å². The first-order valence-electron chi connectivity index (χ1n) is 8.49. The number of hydroxylamine groups is 2. The second-order valence-corrected chi connectivity index (χ2v) is 7.73. The molecule has 1 aliphatic heterocycles. The molecule has 0 aliphatic carbocycles. The van der Waals surface area contributed by atoms with Crippen molar-refractivity contribution < 1.29 is 14.7 Å². The molecule has 23 heavy (non-hydrogen) atoms. The molecule has 1 saturated heterocycles. The quantitative estimate of drug-likeness (QED) is 0.870. The number of aliphatic hydroxyl groups excluding tert-OH is 1. The molecule has 1 fully saturated rings. The maximum atomic E-state index is 9.78. The van der Waals surface area contributed by atoms with Crippen LogP contribution in [0.1, 0.15) is 52.5 Å². The van der Waals surface area contributed by atoms with Crippen LogP contribution in [0.5, 0.6) is 5.75 Å². The van der Waals surface area contributed by atoms with Gasteiger partial charge in [0.25, 0.3) is 0 Å². The van der Waals surface area contributed by atoms with Gasteiger partial charge in [-0.2, -0.15) is 5.06 Å². The number of hydrogen-bond donors (Lipinski definition) is 1. The fraction of sp³-hybridized carbons (Fsp3) is 0.684. The van der Waals surface area contributed by atoms with Crippen LogP contribution in [0, 0.1) is 0 Å². The highest BCUT2D eigenvalue weighted by Crippen LogP contribution is 2.39. The van der Waals surface area contributed by atoms with Crippen molar-refractivity contribution in [3.05, 3.63) is 29.8 Å². The Labute approximate surface area is 140 Å². The third kappa shape index (κ3) is 4.46. The zero-order valence-corrected chi connectivity index (χ0v) is 15.1. The van der Waals surface area contributed by atoms with E-state index in [4.69, 9.17) is 9.57 Å². The average molecular weight is 321 g/mol. The first-order chi connectivity index (χ1) is 10.8. The molecule has 0 aromatic heterocycles. The van der Waals surface area contributed by atoms with Crippen LogP contribution in [-0.2, 0) is 11.3 Å². The Morgan fingerprint density at radius 1 is 1.09 bits per heavy atom. The van der Waals surface area contributed by atoms with Gasteiger partial charge in [-0.1, -0.05) is 12.1 Å². The first kappa shape index (κ1) is 18.2. The average Bonchev–Trinajstić information content (AvgIpc) is 2.50. The zero-order chi connectivity index (χ0) is 17.1. The van der Waals surface area contributed by atoms with Crippen LogP contribution in [0.2, 0.25) is 0 Å². The molecule has 1 heterocycles. The fourth-order valence-corrected chi connectivity index (χ4v) is 3.57. The minimum Gasteiger partial charge on any atom is -0.497 e. The number of rotatable bonds is 6. The molecule has 2 rings (SSSR count). The van der Waals surface area contributed by atoms with E-state index in [9.17, 15) is 5.11 Å². The van der Waals surface area contributed by atoms with E-state index < -0.39 is 0 Å². The summed E-state index contributed by atoms with van der Waals surface area (Å²) in [5.41, 5.74) is 1.10. The predicted octanol–water partition coefficient (Wildman–Crippen LogP) is 3.57. The van der Waals surface area contributed by atoms with E-state index in [2.05, 4.69) is 32.8 Å². The highest BCUT2D eigenvalue weighted by Gasteiger charge is 2.43. The maximum Gasteiger partial charge on any atom is 0.118 e. The number of aliphatic hydroxyl groups is 1. The third-order valence-corrected chi connectivity index (χ3v) is 4.76. The smallest absolute Gasteiger partial charge is 0.118 e. The van der Waals surface area contributed by atoms with Crippen LogP contribution in [0.25, 0.3) is 0 Å². The Hall–Kier alpha value is -1.10. The highest BCUT2D eigenvalue weighted by atomic mass is 16.7. The molecule has 0 radical (unpaired) electrons. The van der Waals surface area contributed by atoms with Crippen LogP contribution in [0.15, 0.2) is 24.3 Å². The predicted molar refractivity (Wildman–Crippen MR) is 92.5 cm³/mol. The molecular formula is C19H31NO3. The van der Waals surface area contributed by atoms with E-state index in [1.54, 1.807) is 7.11 Å². The number of hydrogen-bond acceptors (Lipinski definition) is 4. The molecule has 4 heteroatoms. The fourth-order valence-electron chi connectivity index (χ4n) is 3.57. The van der Waals surface area contributed by atoms with Gasteiger partial charge in [0.15, 0.2) is 0 Å². The lowest BCUT2D eigenvalue weighted by atomic mass is 9.82. The van der Waals surface area contributed by atoms with Crippen molar-refractivity contribution >= 4 is 0 Å². The van der Waals surface area contributed by atoms with Gasteiger partial charge in [0.1, 0.15) is 11.9 Å². The molecule has 130 valence electrons. The molecule has 4 nitrogen and oxygen atoms in total. The zero-order valence-electron chi connectivity index (χ0n) is 15.1. The van der Waals surface area contributed by atoms with Gasteiger partial charge in [-0.25, -0.2) is 0 Å². The lowest BCUT2D eigenvalue weighted by Crippen LogP contribution is -2.59. The van der Waals surface area contributed by atoms with E-state index in [1.807, 2.05) is 24.3 Å². The highest BCUT2D eigenvalue weighted by molar-refractivity contribution is 5.27. The standard InChI is InChI=1S/C19H31NO3/c1-18(2)11-6-12-19(3,4)20(18)23-17(14-21)13-15-7-9-16(22-5)10-8-15/h7-10,17,21H,6,11-14H2,1-5H3/t17-/m0/s1. The van der Waals surface area contributed by atoms with Crippen molar-refractivity contribution in [3.63, 3.8) is 0 Å². The molecule has 1 aromatic carbocycles. The molecule has 1 aliphatic rings. The summed E-state index contributed by atoms with van der Waals surface area (Å²) in [6, 6.07) is 7.94. The monoisotopic (exact) mass is 321 g/mol. The molecule has 1 atom stereocenters. The molecule has 1 aromatic rings. The van der Waals surface area contributed by atoms with Crippen LogP contribution < -0.4 is 4.74 Å². The van der Waals surface area contributed by atoms with E-state index in [0.717, 1.165) is 24.2 Å². The topological polar surface area (TPSA) is 41.9 Å². The van der Waals surface area contributed by atoms with E-state index in [1.165, 1.54) is 6.42 Å². The summed E-state index contributed by atoms with van der Waals surface area (Å²) in [6.45, 7) is 8.88. The summed E-state index contributed by atoms with van der Waals surface area (Å²) in [7, 11) is 1.66. The van der Waals surface area contributed by atoms with E-state index in [0.29, 0.717) is 6.42 Å². The maximum absolute atomic E-state index is 9.78. The van der Waals surface area contributed by atoms with Crippen LogP contribution in [0.4, 0.5) is 0 Å². The number of methoxy groups -OCH3 is 1. The number of ether oxygens (including phenoxy) is 1. The summed E-state index contributed by atoms with van der Waals surface area (Å²) < 4.78 is 5.19. The summed E-state index contributed by atoms with van der Waals surface area (Å²) in [5, 5.41) is 11.9. The lowest BCUT2D eigenvalue weighted by Gasteiger charge is -2.52. The second-order valence-electron chi connectivity index (χ2n) is 7.73. The normalized spacial score (nSPS) is 21.8. The van der Waals surface area contributed by atoms with Crippen molar-refractivity contribution in [2.24, 2.45) is 0 Å². The van der Waals surface area contributed by atoms with Gasteiger partial charge in [0.2, 0.25) is 0 Å². The van der Waals surface area contributed by atoms with Gasteiger partial charge >= 0.3 is 0 Å².